The normalized spacial score (nSPS) is 17.6. The van der Waals surface area contributed by atoms with Gasteiger partial charge in [-0.3, -0.25) is 4.98 Å². The second kappa shape index (κ2) is 7.00. The van der Waals surface area contributed by atoms with Crippen LogP contribution in [0.15, 0.2) is 47.6 Å². The van der Waals surface area contributed by atoms with Crippen LogP contribution in [0.4, 0.5) is 13.2 Å². The van der Waals surface area contributed by atoms with E-state index in [1.807, 2.05) is 24.3 Å². The molecule has 0 saturated carbocycles. The molecule has 2 heterocycles. The summed E-state index contributed by atoms with van der Waals surface area (Å²) in [5.41, 5.74) is 6.32. The third-order valence-electron chi connectivity index (χ3n) is 3.83. The number of hydrogen-bond acceptors (Lipinski definition) is 3. The first-order valence-corrected chi connectivity index (χ1v) is 7.74. The maximum Gasteiger partial charge on any atom is 0.433 e. The van der Waals surface area contributed by atoms with Crippen molar-refractivity contribution in [3.05, 3.63) is 59.4 Å². The number of rotatable bonds is 3. The summed E-state index contributed by atoms with van der Waals surface area (Å²) >= 11 is 0. The molecule has 1 aliphatic rings. The number of nitrogens with zero attached hydrogens (tertiary/aromatic N) is 2. The number of nitrogens with two attached hydrogens (primary N) is 1. The molecular weight excluding hydrogens is 333 g/mol. The van der Waals surface area contributed by atoms with Gasteiger partial charge in [0, 0.05) is 18.2 Å². The number of nitrogens with one attached hydrogen (secondary N) is 1. The van der Waals surface area contributed by atoms with E-state index >= 15 is 0 Å². The van der Waals surface area contributed by atoms with Crippen molar-refractivity contribution in [1.82, 2.24) is 10.3 Å². The number of alkyl halides is 3. The lowest BCUT2D eigenvalue weighted by atomic mass is 10.0. The number of benzene rings is 1. The van der Waals surface area contributed by atoms with Gasteiger partial charge in [-0.15, -0.1) is 0 Å². The smallest absolute Gasteiger partial charge is 0.433 e. The molecule has 8 heteroatoms. The predicted molar refractivity (Wildman–Crippen MR) is 87.0 cm³/mol. The van der Waals surface area contributed by atoms with Crippen LogP contribution in [0.5, 0.6) is 5.75 Å². The fourth-order valence-electron chi connectivity index (χ4n) is 2.62. The molecule has 5 nitrogen and oxygen atoms in total. The Bertz CT molecular complexity index is 776. The average Bonchev–Trinajstić information content (AvgIpc) is 2.60. The number of guanidine groups is 1. The summed E-state index contributed by atoms with van der Waals surface area (Å²) in [6, 6.07) is 10.0. The molecule has 1 unspecified atom stereocenters. The highest BCUT2D eigenvalue weighted by molar-refractivity contribution is 5.78. The molecule has 0 saturated heterocycles. The molecule has 1 aromatic carbocycles. The number of halogens is 3. The van der Waals surface area contributed by atoms with Crippen molar-refractivity contribution in [2.45, 2.75) is 25.2 Å². The number of ether oxygens (including phenoxy) is 1. The summed E-state index contributed by atoms with van der Waals surface area (Å²) < 4.78 is 43.6. The molecular formula is C17H17F3N4O. The number of aromatic nitrogens is 1. The van der Waals surface area contributed by atoms with Crippen molar-refractivity contribution in [3.8, 4) is 5.75 Å². The van der Waals surface area contributed by atoms with E-state index in [2.05, 4.69) is 15.3 Å². The molecule has 1 atom stereocenters. The molecule has 1 aliphatic heterocycles. The Balaban J connectivity index is 1.68. The molecule has 132 valence electrons. The summed E-state index contributed by atoms with van der Waals surface area (Å²) in [7, 11) is 0. The van der Waals surface area contributed by atoms with E-state index in [9.17, 15) is 13.2 Å². The van der Waals surface area contributed by atoms with Gasteiger partial charge in [-0.05, 0) is 23.8 Å². The molecule has 25 heavy (non-hydrogen) atoms. The van der Waals surface area contributed by atoms with Crippen LogP contribution in [-0.2, 0) is 12.7 Å². The third-order valence-corrected chi connectivity index (χ3v) is 3.83. The average molecular weight is 350 g/mol. The van der Waals surface area contributed by atoms with Crippen molar-refractivity contribution in [2.24, 2.45) is 10.7 Å². The van der Waals surface area contributed by atoms with Crippen LogP contribution in [-0.4, -0.2) is 17.6 Å². The quantitative estimate of drug-likeness (QED) is 0.659. The Kier molecular flexibility index (Phi) is 4.78. The molecule has 0 spiro atoms. The van der Waals surface area contributed by atoms with Crippen LogP contribution in [0.2, 0.25) is 0 Å². The van der Waals surface area contributed by atoms with Gasteiger partial charge in [0.05, 0.1) is 19.2 Å². The van der Waals surface area contributed by atoms with Crippen molar-refractivity contribution >= 4 is 5.96 Å². The van der Waals surface area contributed by atoms with Gasteiger partial charge < -0.3 is 15.8 Å². The van der Waals surface area contributed by atoms with Crippen molar-refractivity contribution in [2.75, 3.05) is 6.61 Å². The first kappa shape index (κ1) is 17.1. The highest BCUT2D eigenvalue weighted by Gasteiger charge is 2.32. The number of fused-ring (bicyclic) bond motifs is 1. The summed E-state index contributed by atoms with van der Waals surface area (Å²) in [5, 5.41) is 3.10. The van der Waals surface area contributed by atoms with Gasteiger partial charge in [0.2, 0.25) is 0 Å². The summed E-state index contributed by atoms with van der Waals surface area (Å²) in [4.78, 5) is 7.45. The van der Waals surface area contributed by atoms with Gasteiger partial charge in [-0.2, -0.15) is 13.2 Å². The Morgan fingerprint density at radius 1 is 1.32 bits per heavy atom. The zero-order valence-corrected chi connectivity index (χ0v) is 13.3. The standard InChI is InChI=1S/C17H17F3N4O/c18-17(19,20)15-9-11(5-7-22-15)10-23-16(21)24-13-6-8-25-14-4-2-1-3-12(13)14/h1-5,7,9,13H,6,8,10H2,(H3,21,23,24). The van der Waals surface area contributed by atoms with Crippen LogP contribution in [0.3, 0.4) is 0 Å². The van der Waals surface area contributed by atoms with Gasteiger partial charge in [0.25, 0.3) is 0 Å². The van der Waals surface area contributed by atoms with E-state index in [-0.39, 0.29) is 18.5 Å². The van der Waals surface area contributed by atoms with Crippen LogP contribution in [0.1, 0.15) is 29.3 Å². The van der Waals surface area contributed by atoms with Crippen LogP contribution < -0.4 is 15.8 Å². The Morgan fingerprint density at radius 2 is 2.12 bits per heavy atom. The van der Waals surface area contributed by atoms with E-state index in [0.29, 0.717) is 12.2 Å². The van der Waals surface area contributed by atoms with E-state index in [0.717, 1.165) is 30.0 Å². The van der Waals surface area contributed by atoms with Gasteiger partial charge in [0.15, 0.2) is 5.96 Å². The van der Waals surface area contributed by atoms with Crippen molar-refractivity contribution in [1.29, 1.82) is 0 Å². The van der Waals surface area contributed by atoms with E-state index in [4.69, 9.17) is 10.5 Å². The highest BCUT2D eigenvalue weighted by Crippen LogP contribution is 2.31. The third kappa shape index (κ3) is 4.20. The minimum absolute atomic E-state index is 0.0370. The van der Waals surface area contributed by atoms with Gasteiger partial charge in [-0.1, -0.05) is 18.2 Å². The van der Waals surface area contributed by atoms with Crippen molar-refractivity contribution in [3.63, 3.8) is 0 Å². The zero-order chi connectivity index (χ0) is 17.9. The lowest BCUT2D eigenvalue weighted by Crippen LogP contribution is -2.37. The molecule has 0 aliphatic carbocycles. The van der Waals surface area contributed by atoms with Crippen molar-refractivity contribution < 1.29 is 17.9 Å². The number of aliphatic imine (C=N–C) groups is 1. The maximum absolute atomic E-state index is 12.7. The fourth-order valence-corrected chi connectivity index (χ4v) is 2.62. The summed E-state index contributed by atoms with van der Waals surface area (Å²) in [6.07, 6.45) is -2.64. The van der Waals surface area contributed by atoms with Gasteiger partial charge in [0.1, 0.15) is 11.4 Å². The van der Waals surface area contributed by atoms with E-state index in [1.54, 1.807) is 0 Å². The first-order valence-electron chi connectivity index (χ1n) is 7.74. The summed E-state index contributed by atoms with van der Waals surface area (Å²) in [6.45, 7) is 0.594. The second-order valence-electron chi connectivity index (χ2n) is 5.62. The zero-order valence-electron chi connectivity index (χ0n) is 13.3. The Morgan fingerprint density at radius 3 is 2.92 bits per heavy atom. The van der Waals surface area contributed by atoms with E-state index in [1.165, 1.54) is 6.07 Å². The lowest BCUT2D eigenvalue weighted by molar-refractivity contribution is -0.141. The highest BCUT2D eigenvalue weighted by atomic mass is 19.4. The van der Waals surface area contributed by atoms with Gasteiger partial charge in [-0.25, -0.2) is 4.99 Å². The Labute approximate surface area is 142 Å². The van der Waals surface area contributed by atoms with Crippen LogP contribution in [0, 0.1) is 0 Å². The van der Waals surface area contributed by atoms with Gasteiger partial charge >= 0.3 is 6.18 Å². The minimum atomic E-state index is -4.48. The summed E-state index contributed by atoms with van der Waals surface area (Å²) in [5.74, 6) is 0.968. The minimum Gasteiger partial charge on any atom is -0.493 e. The lowest BCUT2D eigenvalue weighted by Gasteiger charge is -2.26. The molecule has 1 aromatic heterocycles. The molecule has 2 aromatic rings. The molecule has 3 N–H and O–H groups in total. The molecule has 0 bridgehead atoms. The Hall–Kier alpha value is -2.77. The topological polar surface area (TPSA) is 72.5 Å². The second-order valence-corrected chi connectivity index (χ2v) is 5.62. The predicted octanol–water partition coefficient (Wildman–Crippen LogP) is 3.03. The van der Waals surface area contributed by atoms with E-state index < -0.39 is 11.9 Å². The number of hydrogen-bond donors (Lipinski definition) is 2. The number of para-hydroxylation sites is 1. The molecule has 0 fully saturated rings. The molecule has 3 rings (SSSR count). The van der Waals surface area contributed by atoms with Crippen LogP contribution >= 0.6 is 0 Å². The fraction of sp³-hybridized carbons (Fsp3) is 0.294. The SMILES string of the molecule is NC(=NCc1ccnc(C(F)(F)F)c1)NC1CCOc2ccccc21. The number of pyridine rings is 1. The monoisotopic (exact) mass is 350 g/mol. The largest absolute Gasteiger partial charge is 0.493 e. The maximum atomic E-state index is 12.7. The van der Waals surface area contributed by atoms with Crippen LogP contribution in [0.25, 0.3) is 0 Å². The first-order chi connectivity index (χ1) is 11.9. The molecule has 0 radical (unpaired) electrons. The molecule has 0 amide bonds.